The summed E-state index contributed by atoms with van der Waals surface area (Å²) < 4.78 is 4.14. The van der Waals surface area contributed by atoms with E-state index in [-0.39, 0.29) is 12.8 Å². The minimum absolute atomic E-state index is 0.0788. The zero-order valence-corrected chi connectivity index (χ0v) is 23.5. The van der Waals surface area contributed by atoms with Crippen LogP contribution in [0.3, 0.4) is 0 Å². The van der Waals surface area contributed by atoms with Crippen LogP contribution in [0.1, 0.15) is 73.7 Å². The average molecular weight is 567 g/mol. The molecule has 1 heterocycles. The van der Waals surface area contributed by atoms with E-state index in [4.69, 9.17) is 33.3 Å². The summed E-state index contributed by atoms with van der Waals surface area (Å²) in [5.74, 6) is -0.276. The van der Waals surface area contributed by atoms with Crippen LogP contribution in [0.25, 0.3) is 11.0 Å². The van der Waals surface area contributed by atoms with Gasteiger partial charge in [-0.1, -0.05) is 78.9 Å². The van der Waals surface area contributed by atoms with Gasteiger partial charge in [0.1, 0.15) is 0 Å². The van der Waals surface area contributed by atoms with Crippen molar-refractivity contribution in [1.82, 2.24) is 9.13 Å². The monoisotopic (exact) mass is 565 g/mol. The molecule has 1 unspecified atom stereocenters. The highest BCUT2D eigenvalue weighted by Crippen LogP contribution is 2.33. The van der Waals surface area contributed by atoms with Crippen LogP contribution in [0.5, 0.6) is 0 Å². The first kappa shape index (κ1) is 27.5. The van der Waals surface area contributed by atoms with Gasteiger partial charge in [-0.15, -0.1) is 0 Å². The maximum atomic E-state index is 10.9. The van der Waals surface area contributed by atoms with Crippen molar-refractivity contribution >= 4 is 45.9 Å². The predicted molar refractivity (Wildman–Crippen MR) is 156 cm³/mol. The van der Waals surface area contributed by atoms with Crippen LogP contribution >= 0.6 is 23.2 Å². The lowest BCUT2D eigenvalue weighted by atomic mass is 9.84. The van der Waals surface area contributed by atoms with Crippen molar-refractivity contribution in [2.24, 2.45) is 12.0 Å². The molecule has 0 bridgehead atoms. The molecule has 3 aromatic carbocycles. The molecular formula is C31H33Cl2N3O3. The van der Waals surface area contributed by atoms with Gasteiger partial charge in [0.25, 0.3) is 0 Å². The average Bonchev–Trinajstić information content (AvgIpc) is 3.18. The Morgan fingerprint density at radius 3 is 2.26 bits per heavy atom. The molecule has 204 valence electrons. The lowest BCUT2D eigenvalue weighted by molar-refractivity contribution is -0.137. The van der Waals surface area contributed by atoms with Gasteiger partial charge in [0.05, 0.1) is 39.4 Å². The topological polar surface area (TPSA) is 79.8 Å². The highest BCUT2D eigenvalue weighted by atomic mass is 35.5. The van der Waals surface area contributed by atoms with Crippen molar-refractivity contribution in [3.8, 4) is 0 Å². The first-order valence-corrected chi connectivity index (χ1v) is 14.2. The van der Waals surface area contributed by atoms with Crippen LogP contribution in [0.15, 0.2) is 65.7 Å². The molecule has 0 radical (unpaired) electrons. The second-order valence-electron chi connectivity index (χ2n) is 10.4. The van der Waals surface area contributed by atoms with Crippen molar-refractivity contribution in [2.45, 2.75) is 63.5 Å². The number of hydrogen-bond donors (Lipinski definition) is 2. The molecular weight excluding hydrogens is 533 g/mol. The van der Waals surface area contributed by atoms with Gasteiger partial charge in [0, 0.05) is 13.5 Å². The number of hydrogen-bond acceptors (Lipinski definition) is 3. The highest BCUT2D eigenvalue weighted by molar-refractivity contribution is 6.42. The van der Waals surface area contributed by atoms with E-state index in [1.54, 1.807) is 0 Å². The van der Waals surface area contributed by atoms with E-state index in [1.807, 2.05) is 48.0 Å². The molecule has 8 heteroatoms. The summed E-state index contributed by atoms with van der Waals surface area (Å²) >= 11 is 12.8. The third-order valence-electron chi connectivity index (χ3n) is 7.75. The number of nitrogens with zero attached hydrogens (tertiary/aromatic N) is 3. The molecule has 6 nitrogen and oxygen atoms in total. The molecule has 1 fully saturated rings. The smallest absolute Gasteiger partial charge is 0.303 e. The van der Waals surface area contributed by atoms with Gasteiger partial charge in [0.15, 0.2) is 0 Å². The van der Waals surface area contributed by atoms with Gasteiger partial charge in [-0.25, -0.2) is 4.99 Å². The summed E-state index contributed by atoms with van der Waals surface area (Å²) in [6.45, 7) is 0.528. The SMILES string of the molecule is Cn1/c(=N/c2ccc(C3CCCCC3)cc2)n(Cc2ccc(C(O)CCC(=O)O)cc2)c2cc(Cl)c(Cl)cc21. The van der Waals surface area contributed by atoms with Crippen LogP contribution in [-0.4, -0.2) is 25.3 Å². The summed E-state index contributed by atoms with van der Waals surface area (Å²) in [5.41, 5.74) is 6.57. The third-order valence-corrected chi connectivity index (χ3v) is 8.47. The van der Waals surface area contributed by atoms with E-state index in [9.17, 15) is 9.90 Å². The minimum Gasteiger partial charge on any atom is -0.481 e. The molecule has 0 amide bonds. The van der Waals surface area contributed by atoms with E-state index < -0.39 is 12.1 Å². The molecule has 1 aromatic heterocycles. The Labute approximate surface area is 238 Å². The number of halogens is 2. The van der Waals surface area contributed by atoms with E-state index in [0.717, 1.165) is 27.9 Å². The summed E-state index contributed by atoms with van der Waals surface area (Å²) in [4.78, 5) is 15.9. The van der Waals surface area contributed by atoms with Crippen molar-refractivity contribution < 1.29 is 15.0 Å². The summed E-state index contributed by atoms with van der Waals surface area (Å²) in [6, 6.07) is 19.9. The van der Waals surface area contributed by atoms with Crippen LogP contribution < -0.4 is 5.62 Å². The first-order chi connectivity index (χ1) is 18.8. The molecule has 39 heavy (non-hydrogen) atoms. The Bertz CT molecular complexity index is 1530. The van der Waals surface area contributed by atoms with Crippen molar-refractivity contribution in [3.05, 3.63) is 93.0 Å². The lowest BCUT2D eigenvalue weighted by Gasteiger charge is -2.21. The second-order valence-corrected chi connectivity index (χ2v) is 11.2. The fraction of sp³-hybridized carbons (Fsp3) is 0.355. The Kier molecular flexibility index (Phi) is 8.46. The van der Waals surface area contributed by atoms with E-state index >= 15 is 0 Å². The molecule has 1 saturated carbocycles. The third kappa shape index (κ3) is 6.24. The number of rotatable bonds is 8. The second kappa shape index (κ2) is 12.0. The molecule has 0 spiro atoms. The lowest BCUT2D eigenvalue weighted by Crippen LogP contribution is -2.24. The standard InChI is InChI=1S/C31H33Cl2N3O3/c1-35-27-17-25(32)26(33)18-28(27)36(19-20-7-9-23(10-8-20)29(37)15-16-30(38)39)31(35)34-24-13-11-22(12-14-24)21-5-3-2-4-6-21/h7-14,17-18,21,29,37H,2-6,15-16,19H2,1H3,(H,38,39)/b34-31-. The normalized spacial score (nSPS) is 15.6. The number of fused-ring (bicyclic) bond motifs is 1. The van der Waals surface area contributed by atoms with E-state index in [0.29, 0.717) is 28.1 Å². The van der Waals surface area contributed by atoms with Crippen molar-refractivity contribution in [3.63, 3.8) is 0 Å². The van der Waals surface area contributed by atoms with Gasteiger partial charge in [0.2, 0.25) is 5.62 Å². The fourth-order valence-electron chi connectivity index (χ4n) is 5.53. The predicted octanol–water partition coefficient (Wildman–Crippen LogP) is 7.51. The van der Waals surface area contributed by atoms with Gasteiger partial charge in [-0.05, 0) is 66.1 Å². The maximum Gasteiger partial charge on any atom is 0.303 e. The number of carboxylic acid groups (broad SMARTS) is 1. The number of aliphatic hydroxyl groups excluding tert-OH is 1. The zero-order valence-electron chi connectivity index (χ0n) is 22.0. The van der Waals surface area contributed by atoms with Crippen molar-refractivity contribution in [1.29, 1.82) is 0 Å². The number of imidazole rings is 1. The largest absolute Gasteiger partial charge is 0.481 e. The van der Waals surface area contributed by atoms with E-state index in [2.05, 4.69) is 28.8 Å². The summed E-state index contributed by atoms with van der Waals surface area (Å²) in [6.07, 6.45) is 5.75. The number of benzene rings is 3. The molecule has 1 aliphatic carbocycles. The van der Waals surface area contributed by atoms with Gasteiger partial charge in [-0.3, -0.25) is 4.79 Å². The van der Waals surface area contributed by atoms with Gasteiger partial charge < -0.3 is 19.3 Å². The Hall–Kier alpha value is -3.06. The Morgan fingerprint density at radius 2 is 1.62 bits per heavy atom. The number of aryl methyl sites for hydroxylation is 1. The fourth-order valence-corrected chi connectivity index (χ4v) is 5.84. The van der Waals surface area contributed by atoms with Crippen molar-refractivity contribution in [2.75, 3.05) is 0 Å². The summed E-state index contributed by atoms with van der Waals surface area (Å²) in [5, 5.41) is 20.2. The first-order valence-electron chi connectivity index (χ1n) is 13.5. The maximum absolute atomic E-state index is 10.9. The van der Waals surface area contributed by atoms with Crippen LogP contribution in [0.2, 0.25) is 10.0 Å². The Morgan fingerprint density at radius 1 is 0.974 bits per heavy atom. The number of carbonyl (C=O) groups is 1. The quantitative estimate of drug-likeness (QED) is 0.232. The highest BCUT2D eigenvalue weighted by Gasteiger charge is 2.16. The van der Waals surface area contributed by atoms with Crippen LogP contribution in [-0.2, 0) is 18.4 Å². The van der Waals surface area contributed by atoms with Gasteiger partial charge in [-0.2, -0.15) is 0 Å². The molecule has 0 aliphatic heterocycles. The Balaban J connectivity index is 1.50. The number of aliphatic hydroxyl groups is 1. The molecule has 2 N–H and O–H groups in total. The minimum atomic E-state index is -0.920. The van der Waals surface area contributed by atoms with Crippen LogP contribution in [0, 0.1) is 0 Å². The van der Waals surface area contributed by atoms with Crippen LogP contribution in [0.4, 0.5) is 5.69 Å². The number of aromatic nitrogens is 2. The molecule has 1 aliphatic rings. The number of carboxylic acids is 1. The number of aliphatic carboxylic acids is 1. The molecule has 5 rings (SSSR count). The molecule has 0 saturated heterocycles. The molecule has 4 aromatic rings. The molecule has 1 atom stereocenters. The van der Waals surface area contributed by atoms with E-state index in [1.165, 1.54) is 37.7 Å². The van der Waals surface area contributed by atoms with Gasteiger partial charge >= 0.3 is 5.97 Å². The summed E-state index contributed by atoms with van der Waals surface area (Å²) in [7, 11) is 1.97. The zero-order chi connectivity index (χ0) is 27.5.